The van der Waals surface area contributed by atoms with Crippen LogP contribution in [0.25, 0.3) is 0 Å². The van der Waals surface area contributed by atoms with E-state index in [1.54, 1.807) is 6.20 Å². The van der Waals surface area contributed by atoms with Gasteiger partial charge in [-0.2, -0.15) is 0 Å². The van der Waals surface area contributed by atoms with E-state index in [9.17, 15) is 0 Å². The van der Waals surface area contributed by atoms with Crippen LogP contribution in [0, 0.1) is 12.8 Å². The van der Waals surface area contributed by atoms with Gasteiger partial charge in [0.05, 0.1) is 6.04 Å². The maximum absolute atomic E-state index is 5.43. The lowest BCUT2D eigenvalue weighted by atomic mass is 9.99. The maximum atomic E-state index is 5.43. The lowest BCUT2D eigenvalue weighted by Crippen LogP contribution is -2.34. The number of hydrogen-bond donors (Lipinski definition) is 2. The van der Waals surface area contributed by atoms with E-state index < -0.39 is 0 Å². The first kappa shape index (κ1) is 18.6. The van der Waals surface area contributed by atoms with E-state index in [-0.39, 0.29) is 6.04 Å². The Bertz CT molecular complexity index is 744. The summed E-state index contributed by atoms with van der Waals surface area (Å²) in [5.41, 5.74) is 3.69. The standard InChI is InChI=1S/C21H28N4S/c1-15-10-11-22-20(13-15)24-21(26)23-17(3)18-6-8-19(9-7-18)25-12-4-5-16(2)14-25/h6-11,13,16-17H,4-5,12,14H2,1-3H3,(H2,22,23,24,26)/t16-,17+/m1/s1. The number of nitrogens with one attached hydrogen (secondary N) is 2. The number of rotatable bonds is 4. The Labute approximate surface area is 162 Å². The highest BCUT2D eigenvalue weighted by Gasteiger charge is 2.17. The molecule has 2 heterocycles. The normalized spacial score (nSPS) is 18.3. The highest BCUT2D eigenvalue weighted by molar-refractivity contribution is 7.80. The average molecular weight is 369 g/mol. The molecule has 2 atom stereocenters. The predicted octanol–water partition coefficient (Wildman–Crippen LogP) is 4.67. The van der Waals surface area contributed by atoms with E-state index >= 15 is 0 Å². The Balaban J connectivity index is 1.57. The van der Waals surface area contributed by atoms with Crippen LogP contribution in [0.15, 0.2) is 42.6 Å². The minimum Gasteiger partial charge on any atom is -0.371 e. The third kappa shape index (κ3) is 4.94. The Hall–Kier alpha value is -2.14. The monoisotopic (exact) mass is 368 g/mol. The third-order valence-corrected chi connectivity index (χ3v) is 5.14. The van der Waals surface area contributed by atoms with Gasteiger partial charge < -0.3 is 15.5 Å². The molecule has 0 unspecified atom stereocenters. The summed E-state index contributed by atoms with van der Waals surface area (Å²) >= 11 is 5.43. The van der Waals surface area contributed by atoms with Crippen molar-refractivity contribution in [2.24, 2.45) is 5.92 Å². The Morgan fingerprint density at radius 3 is 2.73 bits per heavy atom. The number of anilines is 2. The quantitative estimate of drug-likeness (QED) is 0.767. The molecule has 1 aromatic carbocycles. The first-order chi connectivity index (χ1) is 12.5. The molecule has 1 aliphatic heterocycles. The molecule has 0 aliphatic carbocycles. The summed E-state index contributed by atoms with van der Waals surface area (Å²) in [5, 5.41) is 7.08. The molecule has 2 N–H and O–H groups in total. The molecule has 0 bridgehead atoms. The molecule has 3 rings (SSSR count). The summed E-state index contributed by atoms with van der Waals surface area (Å²) in [6.45, 7) is 8.81. The molecule has 1 aliphatic rings. The summed E-state index contributed by atoms with van der Waals surface area (Å²) < 4.78 is 0. The van der Waals surface area contributed by atoms with Gasteiger partial charge in [-0.15, -0.1) is 0 Å². The minimum absolute atomic E-state index is 0.133. The predicted molar refractivity (Wildman–Crippen MR) is 114 cm³/mol. The van der Waals surface area contributed by atoms with E-state index in [1.807, 2.05) is 19.1 Å². The smallest absolute Gasteiger partial charge is 0.172 e. The Kier molecular flexibility index (Phi) is 6.09. The molecule has 138 valence electrons. The van der Waals surface area contributed by atoms with Crippen LogP contribution in [-0.2, 0) is 0 Å². The molecular formula is C21H28N4S. The maximum Gasteiger partial charge on any atom is 0.172 e. The Morgan fingerprint density at radius 2 is 2.04 bits per heavy atom. The molecule has 1 fully saturated rings. The van der Waals surface area contributed by atoms with Crippen LogP contribution in [0.1, 0.15) is 43.9 Å². The number of aryl methyl sites for hydroxylation is 1. The number of thiocarbonyl (C=S) groups is 1. The number of pyridine rings is 1. The number of benzene rings is 1. The van der Waals surface area contributed by atoms with E-state index in [2.05, 4.69) is 58.6 Å². The molecule has 4 nitrogen and oxygen atoms in total. The highest BCUT2D eigenvalue weighted by atomic mass is 32.1. The zero-order chi connectivity index (χ0) is 18.5. The largest absolute Gasteiger partial charge is 0.371 e. The molecule has 5 heteroatoms. The number of aromatic nitrogens is 1. The van der Waals surface area contributed by atoms with Crippen LogP contribution < -0.4 is 15.5 Å². The summed E-state index contributed by atoms with van der Waals surface area (Å²) in [4.78, 5) is 6.78. The molecule has 0 radical (unpaired) electrons. The molecule has 26 heavy (non-hydrogen) atoms. The topological polar surface area (TPSA) is 40.2 Å². The zero-order valence-corrected chi connectivity index (χ0v) is 16.6. The highest BCUT2D eigenvalue weighted by Crippen LogP contribution is 2.24. The molecule has 0 amide bonds. The number of hydrogen-bond acceptors (Lipinski definition) is 3. The van der Waals surface area contributed by atoms with Crippen molar-refractivity contribution in [1.82, 2.24) is 10.3 Å². The lowest BCUT2D eigenvalue weighted by Gasteiger charge is -2.33. The molecule has 2 aromatic rings. The second-order valence-corrected chi connectivity index (χ2v) is 7.73. The van der Waals surface area contributed by atoms with Gasteiger partial charge >= 0.3 is 0 Å². The number of nitrogens with zero attached hydrogens (tertiary/aromatic N) is 2. The molecule has 1 saturated heterocycles. The fourth-order valence-corrected chi connectivity index (χ4v) is 3.72. The average Bonchev–Trinajstić information content (AvgIpc) is 2.61. The van der Waals surface area contributed by atoms with Gasteiger partial charge in [0.15, 0.2) is 5.11 Å². The van der Waals surface area contributed by atoms with Crippen molar-refractivity contribution in [3.8, 4) is 0 Å². The molecular weight excluding hydrogens is 340 g/mol. The van der Waals surface area contributed by atoms with E-state index in [0.29, 0.717) is 5.11 Å². The van der Waals surface area contributed by atoms with Crippen molar-refractivity contribution >= 4 is 28.8 Å². The van der Waals surface area contributed by atoms with Gasteiger partial charge in [0.1, 0.15) is 5.82 Å². The van der Waals surface area contributed by atoms with Gasteiger partial charge in [-0.05, 0) is 80.2 Å². The van der Waals surface area contributed by atoms with Gasteiger partial charge in [-0.1, -0.05) is 19.1 Å². The van der Waals surface area contributed by atoms with Crippen LogP contribution in [0.3, 0.4) is 0 Å². The molecule has 0 spiro atoms. The van der Waals surface area contributed by atoms with Gasteiger partial charge in [0, 0.05) is 25.0 Å². The van der Waals surface area contributed by atoms with Crippen molar-refractivity contribution in [2.75, 3.05) is 23.3 Å². The molecule has 0 saturated carbocycles. The summed E-state index contributed by atoms with van der Waals surface area (Å²) in [5.74, 6) is 1.55. The number of piperidine rings is 1. The van der Waals surface area contributed by atoms with Crippen molar-refractivity contribution in [3.63, 3.8) is 0 Å². The van der Waals surface area contributed by atoms with Gasteiger partial charge in [0.2, 0.25) is 0 Å². The Morgan fingerprint density at radius 1 is 1.27 bits per heavy atom. The zero-order valence-electron chi connectivity index (χ0n) is 15.8. The lowest BCUT2D eigenvalue weighted by molar-refractivity contribution is 0.447. The van der Waals surface area contributed by atoms with E-state index in [4.69, 9.17) is 12.2 Å². The summed E-state index contributed by atoms with van der Waals surface area (Å²) in [6, 6.07) is 12.9. The third-order valence-electron chi connectivity index (χ3n) is 4.92. The first-order valence-electron chi connectivity index (χ1n) is 9.36. The van der Waals surface area contributed by atoms with E-state index in [0.717, 1.165) is 30.4 Å². The van der Waals surface area contributed by atoms with Crippen molar-refractivity contribution < 1.29 is 0 Å². The van der Waals surface area contributed by atoms with Crippen LogP contribution >= 0.6 is 12.2 Å². The SMILES string of the molecule is Cc1ccnc(NC(=S)N[C@@H](C)c2ccc(N3CCC[C@@H](C)C3)cc2)c1. The van der Waals surface area contributed by atoms with Gasteiger partial charge in [-0.25, -0.2) is 4.98 Å². The van der Waals surface area contributed by atoms with Crippen LogP contribution in [0.5, 0.6) is 0 Å². The van der Waals surface area contributed by atoms with Crippen LogP contribution in [-0.4, -0.2) is 23.2 Å². The van der Waals surface area contributed by atoms with Crippen molar-refractivity contribution in [1.29, 1.82) is 0 Å². The van der Waals surface area contributed by atoms with Crippen molar-refractivity contribution in [2.45, 2.75) is 39.7 Å². The van der Waals surface area contributed by atoms with Gasteiger partial charge in [-0.3, -0.25) is 0 Å². The fraction of sp³-hybridized carbons (Fsp3) is 0.429. The minimum atomic E-state index is 0.133. The second kappa shape index (κ2) is 8.49. The van der Waals surface area contributed by atoms with E-state index in [1.165, 1.54) is 24.1 Å². The van der Waals surface area contributed by atoms with Crippen LogP contribution in [0.2, 0.25) is 0 Å². The van der Waals surface area contributed by atoms with Crippen molar-refractivity contribution in [3.05, 3.63) is 53.7 Å². The summed E-state index contributed by atoms with van der Waals surface area (Å²) in [6.07, 6.45) is 4.41. The van der Waals surface area contributed by atoms with Crippen LogP contribution in [0.4, 0.5) is 11.5 Å². The molecule has 1 aromatic heterocycles. The fourth-order valence-electron chi connectivity index (χ4n) is 3.43. The van der Waals surface area contributed by atoms with Gasteiger partial charge in [0.25, 0.3) is 0 Å². The first-order valence-corrected chi connectivity index (χ1v) is 9.77. The second-order valence-electron chi connectivity index (χ2n) is 7.32. The summed E-state index contributed by atoms with van der Waals surface area (Å²) in [7, 11) is 0.